The Kier molecular flexibility index (Phi) is 4.86. The first-order chi connectivity index (χ1) is 12.7. The van der Waals surface area contributed by atoms with Gasteiger partial charge in [0.1, 0.15) is 11.9 Å². The van der Waals surface area contributed by atoms with E-state index in [1.165, 1.54) is 11.1 Å². The van der Waals surface area contributed by atoms with Gasteiger partial charge in [0.15, 0.2) is 0 Å². The molecule has 3 aromatic rings. The molecule has 0 amide bonds. The number of aromatic nitrogens is 4. The number of hydrogen-bond acceptors (Lipinski definition) is 4. The Hall–Kier alpha value is -2.44. The molecule has 4 rings (SSSR count). The van der Waals surface area contributed by atoms with Gasteiger partial charge in [0.25, 0.3) is 0 Å². The van der Waals surface area contributed by atoms with Crippen molar-refractivity contribution in [2.24, 2.45) is 20.0 Å². The highest BCUT2D eigenvalue weighted by molar-refractivity contribution is 5.65. The third-order valence-corrected chi connectivity index (χ3v) is 5.08. The molecule has 0 unspecified atom stereocenters. The SMILES string of the molecule is Cn1cc(-c2ccccc2CNC[C@@H]2CCO[C@H]2c2nccn2C)cn1. The van der Waals surface area contributed by atoms with Gasteiger partial charge in [0.05, 0.1) is 6.20 Å². The van der Waals surface area contributed by atoms with Gasteiger partial charge in [-0.15, -0.1) is 0 Å². The molecule has 0 saturated carbocycles. The monoisotopic (exact) mass is 351 g/mol. The first kappa shape index (κ1) is 17.0. The smallest absolute Gasteiger partial charge is 0.137 e. The normalized spacial score (nSPS) is 19.9. The van der Waals surface area contributed by atoms with Gasteiger partial charge in [-0.2, -0.15) is 5.10 Å². The molecule has 136 valence electrons. The summed E-state index contributed by atoms with van der Waals surface area (Å²) in [5, 5.41) is 7.92. The van der Waals surface area contributed by atoms with Gasteiger partial charge in [0.2, 0.25) is 0 Å². The fourth-order valence-electron chi connectivity index (χ4n) is 3.69. The quantitative estimate of drug-likeness (QED) is 0.742. The fourth-order valence-corrected chi connectivity index (χ4v) is 3.69. The van der Waals surface area contributed by atoms with Gasteiger partial charge < -0.3 is 14.6 Å². The van der Waals surface area contributed by atoms with Crippen LogP contribution in [0.15, 0.2) is 49.1 Å². The topological polar surface area (TPSA) is 56.9 Å². The molecular formula is C20H25N5O. The highest BCUT2D eigenvalue weighted by Gasteiger charge is 2.31. The highest BCUT2D eigenvalue weighted by atomic mass is 16.5. The van der Waals surface area contributed by atoms with Gasteiger partial charge in [-0.1, -0.05) is 24.3 Å². The summed E-state index contributed by atoms with van der Waals surface area (Å²) < 4.78 is 9.85. The molecule has 3 heterocycles. The van der Waals surface area contributed by atoms with E-state index >= 15 is 0 Å². The van der Waals surface area contributed by atoms with E-state index in [0.717, 1.165) is 37.5 Å². The second-order valence-electron chi connectivity index (χ2n) is 6.93. The van der Waals surface area contributed by atoms with Crippen LogP contribution in [0.1, 0.15) is 23.9 Å². The summed E-state index contributed by atoms with van der Waals surface area (Å²) >= 11 is 0. The lowest BCUT2D eigenvalue weighted by atomic mass is 9.99. The molecule has 6 heteroatoms. The van der Waals surface area contributed by atoms with E-state index < -0.39 is 0 Å². The van der Waals surface area contributed by atoms with E-state index in [1.54, 1.807) is 0 Å². The largest absolute Gasteiger partial charge is 0.370 e. The summed E-state index contributed by atoms with van der Waals surface area (Å²) in [5.74, 6) is 1.46. The standard InChI is InChI=1S/C20H25N5O/c1-24-9-8-22-20(24)19-16(7-10-26-19)12-21-11-15-5-3-4-6-18(15)17-13-23-25(2)14-17/h3-6,8-9,13-14,16,19,21H,7,10-12H2,1-2H3/t16-,19+/m0/s1. The van der Waals surface area contributed by atoms with Crippen molar-refractivity contribution in [1.29, 1.82) is 0 Å². The number of nitrogens with zero attached hydrogens (tertiary/aromatic N) is 4. The summed E-state index contributed by atoms with van der Waals surface area (Å²) in [6.45, 7) is 2.55. The number of ether oxygens (including phenoxy) is 1. The van der Waals surface area contributed by atoms with Crippen molar-refractivity contribution < 1.29 is 4.74 Å². The van der Waals surface area contributed by atoms with E-state index in [2.05, 4.69) is 50.4 Å². The van der Waals surface area contributed by atoms with Crippen LogP contribution in [-0.2, 0) is 25.4 Å². The van der Waals surface area contributed by atoms with Crippen molar-refractivity contribution in [1.82, 2.24) is 24.6 Å². The zero-order chi connectivity index (χ0) is 17.9. The molecule has 1 aromatic carbocycles. The molecule has 1 fully saturated rings. The highest BCUT2D eigenvalue weighted by Crippen LogP contribution is 2.33. The summed E-state index contributed by atoms with van der Waals surface area (Å²) in [6, 6.07) is 8.50. The van der Waals surface area contributed by atoms with Gasteiger partial charge in [-0.3, -0.25) is 4.68 Å². The summed E-state index contributed by atoms with van der Waals surface area (Å²) in [4.78, 5) is 4.47. The second-order valence-corrected chi connectivity index (χ2v) is 6.93. The van der Waals surface area contributed by atoms with Crippen molar-refractivity contribution in [2.75, 3.05) is 13.2 Å². The molecule has 1 saturated heterocycles. The Bertz CT molecular complexity index is 868. The first-order valence-electron chi connectivity index (χ1n) is 9.09. The maximum absolute atomic E-state index is 5.96. The average molecular weight is 351 g/mol. The third-order valence-electron chi connectivity index (χ3n) is 5.08. The van der Waals surface area contributed by atoms with Crippen molar-refractivity contribution in [3.63, 3.8) is 0 Å². The Morgan fingerprint density at radius 3 is 2.92 bits per heavy atom. The summed E-state index contributed by atoms with van der Waals surface area (Å²) in [5.41, 5.74) is 3.67. The Morgan fingerprint density at radius 1 is 1.27 bits per heavy atom. The van der Waals surface area contributed by atoms with Crippen LogP contribution in [0.3, 0.4) is 0 Å². The number of imidazole rings is 1. The number of hydrogen-bond donors (Lipinski definition) is 1. The van der Waals surface area contributed by atoms with Crippen LogP contribution in [-0.4, -0.2) is 32.5 Å². The summed E-state index contributed by atoms with van der Waals surface area (Å²) in [6.07, 6.45) is 8.93. The minimum absolute atomic E-state index is 0.0797. The van der Waals surface area contributed by atoms with Gasteiger partial charge in [0, 0.05) is 63.9 Å². The lowest BCUT2D eigenvalue weighted by Crippen LogP contribution is -2.26. The molecule has 1 aliphatic heterocycles. The van der Waals surface area contributed by atoms with Crippen LogP contribution in [0.4, 0.5) is 0 Å². The molecule has 0 spiro atoms. The summed E-state index contributed by atoms with van der Waals surface area (Å²) in [7, 11) is 3.97. The van der Waals surface area contributed by atoms with Crippen molar-refractivity contribution in [3.05, 3.63) is 60.4 Å². The molecule has 1 N–H and O–H groups in total. The second kappa shape index (κ2) is 7.43. The molecule has 0 aliphatic carbocycles. The van der Waals surface area contributed by atoms with Crippen molar-refractivity contribution in [2.45, 2.75) is 19.1 Å². The maximum Gasteiger partial charge on any atom is 0.137 e. The molecule has 26 heavy (non-hydrogen) atoms. The Labute approximate surface area is 153 Å². The predicted molar refractivity (Wildman–Crippen MR) is 100 cm³/mol. The number of rotatable bonds is 6. The number of aryl methyl sites for hydroxylation is 2. The lowest BCUT2D eigenvalue weighted by molar-refractivity contribution is 0.0811. The van der Waals surface area contributed by atoms with E-state index in [4.69, 9.17) is 4.74 Å². The zero-order valence-electron chi connectivity index (χ0n) is 15.3. The molecule has 2 aromatic heterocycles. The number of nitrogens with one attached hydrogen (secondary N) is 1. The first-order valence-corrected chi connectivity index (χ1v) is 9.09. The molecule has 0 bridgehead atoms. The zero-order valence-corrected chi connectivity index (χ0v) is 15.3. The van der Waals surface area contributed by atoms with E-state index in [-0.39, 0.29) is 6.10 Å². The maximum atomic E-state index is 5.96. The van der Waals surface area contributed by atoms with Crippen LogP contribution in [0.5, 0.6) is 0 Å². The van der Waals surface area contributed by atoms with Crippen molar-refractivity contribution in [3.8, 4) is 11.1 Å². The number of benzene rings is 1. The molecular weight excluding hydrogens is 326 g/mol. The van der Waals surface area contributed by atoms with E-state index in [1.807, 2.05) is 37.4 Å². The van der Waals surface area contributed by atoms with Crippen molar-refractivity contribution >= 4 is 0 Å². The average Bonchev–Trinajstić information content (AvgIpc) is 3.37. The van der Waals surface area contributed by atoms with Crippen LogP contribution in [0.2, 0.25) is 0 Å². The molecule has 6 nitrogen and oxygen atoms in total. The molecule has 1 aliphatic rings. The van der Waals surface area contributed by atoms with Crippen LogP contribution >= 0.6 is 0 Å². The fraction of sp³-hybridized carbons (Fsp3) is 0.400. The Balaban J connectivity index is 1.42. The minimum Gasteiger partial charge on any atom is -0.370 e. The molecule has 0 radical (unpaired) electrons. The van der Waals surface area contributed by atoms with Crippen LogP contribution < -0.4 is 5.32 Å². The third kappa shape index (κ3) is 3.43. The predicted octanol–water partition coefficient (Wildman–Crippen LogP) is 2.69. The molecule has 2 atom stereocenters. The van der Waals surface area contributed by atoms with Crippen LogP contribution in [0, 0.1) is 5.92 Å². The van der Waals surface area contributed by atoms with Gasteiger partial charge >= 0.3 is 0 Å². The van der Waals surface area contributed by atoms with Gasteiger partial charge in [-0.25, -0.2) is 4.98 Å². The van der Waals surface area contributed by atoms with Gasteiger partial charge in [-0.05, 0) is 17.5 Å². The lowest BCUT2D eigenvalue weighted by Gasteiger charge is -2.19. The Morgan fingerprint density at radius 2 is 2.15 bits per heavy atom. The van der Waals surface area contributed by atoms with E-state index in [9.17, 15) is 0 Å². The van der Waals surface area contributed by atoms with Crippen LogP contribution in [0.25, 0.3) is 11.1 Å². The minimum atomic E-state index is 0.0797. The van der Waals surface area contributed by atoms with E-state index in [0.29, 0.717) is 5.92 Å².